The van der Waals surface area contributed by atoms with E-state index in [4.69, 9.17) is 9.15 Å². The normalized spacial score (nSPS) is 11.9. The summed E-state index contributed by atoms with van der Waals surface area (Å²) in [6.07, 6.45) is 0. The first kappa shape index (κ1) is 19.0. The highest BCUT2D eigenvalue weighted by molar-refractivity contribution is 8.00. The standard InChI is InChI=1S/C20H21N3O3S/c1-12-5-8-15(9-6-12)19-22-23-20(26-19)27-14(3)18(24)21-16-11-13(2)7-10-17(16)25-4/h5-11,14H,1-4H3,(H,21,24)/t14-/m1/s1. The second-order valence-electron chi connectivity index (χ2n) is 6.19. The van der Waals surface area contributed by atoms with Crippen LogP contribution in [0.5, 0.6) is 5.75 Å². The third-order valence-corrected chi connectivity index (χ3v) is 4.90. The van der Waals surface area contributed by atoms with E-state index >= 15 is 0 Å². The van der Waals surface area contributed by atoms with Crippen LogP contribution >= 0.6 is 11.8 Å². The van der Waals surface area contributed by atoms with Gasteiger partial charge in [-0.15, -0.1) is 10.2 Å². The molecule has 3 aromatic rings. The van der Waals surface area contributed by atoms with Crippen molar-refractivity contribution in [2.45, 2.75) is 31.2 Å². The molecule has 1 amide bonds. The smallest absolute Gasteiger partial charge is 0.277 e. The van der Waals surface area contributed by atoms with Crippen molar-refractivity contribution in [1.82, 2.24) is 10.2 Å². The van der Waals surface area contributed by atoms with Gasteiger partial charge in [0.05, 0.1) is 18.0 Å². The van der Waals surface area contributed by atoms with Gasteiger partial charge < -0.3 is 14.5 Å². The summed E-state index contributed by atoms with van der Waals surface area (Å²) < 4.78 is 11.0. The van der Waals surface area contributed by atoms with Crippen LogP contribution in [0.2, 0.25) is 0 Å². The van der Waals surface area contributed by atoms with Crippen LogP contribution < -0.4 is 10.1 Å². The van der Waals surface area contributed by atoms with E-state index in [1.807, 2.05) is 56.3 Å². The summed E-state index contributed by atoms with van der Waals surface area (Å²) in [6, 6.07) is 13.5. The number of thioether (sulfide) groups is 1. The third kappa shape index (κ3) is 4.68. The molecular weight excluding hydrogens is 362 g/mol. The molecule has 1 heterocycles. The molecule has 6 nitrogen and oxygen atoms in total. The van der Waals surface area contributed by atoms with Crippen LogP contribution in [0, 0.1) is 13.8 Å². The number of hydrogen-bond acceptors (Lipinski definition) is 6. The second-order valence-corrected chi connectivity index (χ2v) is 7.48. The molecule has 1 aromatic heterocycles. The highest BCUT2D eigenvalue weighted by Crippen LogP contribution is 2.29. The summed E-state index contributed by atoms with van der Waals surface area (Å²) in [6.45, 7) is 5.76. The average molecular weight is 383 g/mol. The van der Waals surface area contributed by atoms with E-state index in [-0.39, 0.29) is 5.91 Å². The van der Waals surface area contributed by atoms with Crippen molar-refractivity contribution in [3.05, 3.63) is 53.6 Å². The van der Waals surface area contributed by atoms with Gasteiger partial charge in [-0.1, -0.05) is 35.5 Å². The molecule has 0 fully saturated rings. The van der Waals surface area contributed by atoms with E-state index in [9.17, 15) is 4.79 Å². The second kappa shape index (κ2) is 8.26. The van der Waals surface area contributed by atoms with Gasteiger partial charge in [0.15, 0.2) is 0 Å². The van der Waals surface area contributed by atoms with Crippen LogP contribution in [0.25, 0.3) is 11.5 Å². The number of ether oxygens (including phenoxy) is 1. The largest absolute Gasteiger partial charge is 0.495 e. The zero-order valence-corrected chi connectivity index (χ0v) is 16.5. The van der Waals surface area contributed by atoms with Gasteiger partial charge in [-0.3, -0.25) is 4.79 Å². The highest BCUT2D eigenvalue weighted by Gasteiger charge is 2.20. The quantitative estimate of drug-likeness (QED) is 0.632. The maximum atomic E-state index is 12.5. The SMILES string of the molecule is COc1ccc(C)cc1NC(=O)[C@@H](C)Sc1nnc(-c2ccc(C)cc2)o1. The van der Waals surface area contributed by atoms with Crippen LogP contribution in [-0.4, -0.2) is 28.5 Å². The van der Waals surface area contributed by atoms with Crippen molar-refractivity contribution in [2.75, 3.05) is 12.4 Å². The molecule has 140 valence electrons. The van der Waals surface area contributed by atoms with Gasteiger partial charge in [0, 0.05) is 5.56 Å². The Balaban J connectivity index is 1.67. The molecule has 3 rings (SSSR count). The van der Waals surface area contributed by atoms with E-state index in [0.29, 0.717) is 22.6 Å². The molecule has 0 saturated carbocycles. The Labute approximate surface area is 162 Å². The lowest BCUT2D eigenvalue weighted by molar-refractivity contribution is -0.115. The summed E-state index contributed by atoms with van der Waals surface area (Å²) in [5, 5.41) is 10.9. The number of benzene rings is 2. The van der Waals surface area contributed by atoms with Crippen LogP contribution in [0.1, 0.15) is 18.1 Å². The number of anilines is 1. The van der Waals surface area contributed by atoms with Crippen LogP contribution in [-0.2, 0) is 4.79 Å². The fourth-order valence-corrected chi connectivity index (χ4v) is 3.11. The van der Waals surface area contributed by atoms with Crippen molar-refractivity contribution >= 4 is 23.4 Å². The molecule has 1 atom stereocenters. The highest BCUT2D eigenvalue weighted by atomic mass is 32.2. The van der Waals surface area contributed by atoms with E-state index in [1.165, 1.54) is 11.8 Å². The zero-order chi connectivity index (χ0) is 19.4. The molecule has 0 aliphatic carbocycles. The Kier molecular flexibility index (Phi) is 5.81. The van der Waals surface area contributed by atoms with Crippen molar-refractivity contribution in [1.29, 1.82) is 0 Å². The number of methoxy groups -OCH3 is 1. The van der Waals surface area contributed by atoms with Crippen LogP contribution in [0.4, 0.5) is 5.69 Å². The fraction of sp³-hybridized carbons (Fsp3) is 0.250. The summed E-state index contributed by atoms with van der Waals surface area (Å²) in [7, 11) is 1.57. The number of aromatic nitrogens is 2. The number of nitrogens with zero attached hydrogens (tertiary/aromatic N) is 2. The lowest BCUT2D eigenvalue weighted by atomic mass is 10.1. The van der Waals surface area contributed by atoms with Gasteiger partial charge in [-0.05, 0) is 50.6 Å². The van der Waals surface area contributed by atoms with Gasteiger partial charge in [0.2, 0.25) is 11.8 Å². The molecule has 0 unspecified atom stereocenters. The Morgan fingerprint density at radius 1 is 1.11 bits per heavy atom. The van der Waals surface area contributed by atoms with E-state index in [1.54, 1.807) is 14.0 Å². The molecule has 7 heteroatoms. The molecular formula is C20H21N3O3S. The molecule has 0 radical (unpaired) electrons. The summed E-state index contributed by atoms with van der Waals surface area (Å²) in [5.41, 5.74) is 3.68. The molecule has 27 heavy (non-hydrogen) atoms. The average Bonchev–Trinajstić information content (AvgIpc) is 3.11. The Bertz CT molecular complexity index is 938. The molecule has 1 N–H and O–H groups in total. The first-order chi connectivity index (χ1) is 13.0. The summed E-state index contributed by atoms with van der Waals surface area (Å²) in [5.74, 6) is 0.884. The van der Waals surface area contributed by atoms with E-state index < -0.39 is 5.25 Å². The zero-order valence-electron chi connectivity index (χ0n) is 15.6. The maximum absolute atomic E-state index is 12.5. The summed E-state index contributed by atoms with van der Waals surface area (Å²) >= 11 is 1.21. The Morgan fingerprint density at radius 2 is 1.81 bits per heavy atom. The van der Waals surface area contributed by atoms with Crippen LogP contribution in [0.3, 0.4) is 0 Å². The Hall–Kier alpha value is -2.80. The monoisotopic (exact) mass is 383 g/mol. The van der Waals surface area contributed by atoms with Gasteiger partial charge in [-0.25, -0.2) is 0 Å². The molecule has 0 aliphatic rings. The van der Waals surface area contributed by atoms with E-state index in [2.05, 4.69) is 15.5 Å². The van der Waals surface area contributed by atoms with Crippen molar-refractivity contribution < 1.29 is 13.9 Å². The molecule has 0 bridgehead atoms. The third-order valence-electron chi connectivity index (χ3n) is 3.96. The van der Waals surface area contributed by atoms with E-state index in [0.717, 1.165) is 16.7 Å². The minimum absolute atomic E-state index is 0.168. The predicted molar refractivity (Wildman–Crippen MR) is 106 cm³/mol. The lowest BCUT2D eigenvalue weighted by Crippen LogP contribution is -2.22. The van der Waals surface area contributed by atoms with Crippen molar-refractivity contribution in [3.8, 4) is 17.2 Å². The van der Waals surface area contributed by atoms with Crippen LogP contribution in [0.15, 0.2) is 52.1 Å². The van der Waals surface area contributed by atoms with Crippen molar-refractivity contribution in [3.63, 3.8) is 0 Å². The number of rotatable bonds is 6. The molecule has 0 saturated heterocycles. The van der Waals surface area contributed by atoms with Gasteiger partial charge >= 0.3 is 0 Å². The topological polar surface area (TPSA) is 77.2 Å². The van der Waals surface area contributed by atoms with Gasteiger partial charge in [-0.2, -0.15) is 0 Å². The number of nitrogens with one attached hydrogen (secondary N) is 1. The number of hydrogen-bond donors (Lipinski definition) is 1. The number of carbonyl (C=O) groups is 1. The Morgan fingerprint density at radius 3 is 2.52 bits per heavy atom. The fourth-order valence-electron chi connectivity index (χ4n) is 2.43. The molecule has 0 spiro atoms. The number of aryl methyl sites for hydroxylation is 2. The minimum Gasteiger partial charge on any atom is -0.495 e. The summed E-state index contributed by atoms with van der Waals surface area (Å²) in [4.78, 5) is 12.5. The van der Waals surface area contributed by atoms with Crippen molar-refractivity contribution in [2.24, 2.45) is 0 Å². The number of amides is 1. The lowest BCUT2D eigenvalue weighted by Gasteiger charge is -2.13. The van der Waals surface area contributed by atoms with Gasteiger partial charge in [0.25, 0.3) is 5.22 Å². The minimum atomic E-state index is -0.415. The molecule has 0 aliphatic heterocycles. The molecule has 2 aromatic carbocycles. The maximum Gasteiger partial charge on any atom is 0.277 e. The predicted octanol–water partition coefficient (Wildman–Crippen LogP) is 4.48. The first-order valence-electron chi connectivity index (χ1n) is 8.49. The first-order valence-corrected chi connectivity index (χ1v) is 9.37. The number of carbonyl (C=O) groups excluding carboxylic acids is 1. The van der Waals surface area contributed by atoms with Gasteiger partial charge in [0.1, 0.15) is 5.75 Å².